The molecule has 1 amide bonds. The van der Waals surface area contributed by atoms with Gasteiger partial charge in [0.1, 0.15) is 17.3 Å². The van der Waals surface area contributed by atoms with Crippen molar-refractivity contribution in [1.82, 2.24) is 15.1 Å². The fraction of sp³-hybridized carbons (Fsp3) is 0.273. The molecule has 0 aromatic carbocycles. The van der Waals surface area contributed by atoms with E-state index in [1.54, 1.807) is 17.2 Å². The number of hydrogen-bond donors (Lipinski definition) is 2. The fourth-order valence-corrected chi connectivity index (χ4v) is 1.53. The minimum Gasteiger partial charge on any atom is -0.467 e. The van der Waals surface area contributed by atoms with Crippen LogP contribution in [0, 0.1) is 0 Å². The zero-order chi connectivity index (χ0) is 12.3. The Balaban J connectivity index is 2.10. The van der Waals surface area contributed by atoms with Gasteiger partial charge in [0.25, 0.3) is 5.91 Å². The molecular formula is C11H14N4O2. The second-order valence-corrected chi connectivity index (χ2v) is 3.61. The lowest BCUT2D eigenvalue weighted by Gasteiger charge is -2.18. The van der Waals surface area contributed by atoms with Crippen molar-refractivity contribution >= 4 is 11.7 Å². The van der Waals surface area contributed by atoms with E-state index in [1.807, 2.05) is 13.0 Å². The first-order chi connectivity index (χ1) is 8.20. The Kier molecular flexibility index (Phi) is 3.13. The largest absolute Gasteiger partial charge is 0.467 e. The molecule has 0 radical (unpaired) electrons. The predicted octanol–water partition coefficient (Wildman–Crippen LogP) is 1.25. The Labute approximate surface area is 98.4 Å². The lowest BCUT2D eigenvalue weighted by molar-refractivity contribution is 0.0735. The third-order valence-corrected chi connectivity index (χ3v) is 2.42. The number of anilines is 1. The van der Waals surface area contributed by atoms with E-state index in [4.69, 9.17) is 10.2 Å². The van der Waals surface area contributed by atoms with E-state index >= 15 is 0 Å². The van der Waals surface area contributed by atoms with Gasteiger partial charge in [-0.25, -0.2) is 0 Å². The maximum Gasteiger partial charge on any atom is 0.272 e. The Bertz CT molecular complexity index is 489. The second kappa shape index (κ2) is 4.73. The molecule has 2 aromatic rings. The van der Waals surface area contributed by atoms with Gasteiger partial charge in [-0.2, -0.15) is 5.10 Å². The third kappa shape index (κ3) is 2.47. The van der Waals surface area contributed by atoms with Crippen molar-refractivity contribution in [2.24, 2.45) is 0 Å². The monoisotopic (exact) mass is 234 g/mol. The van der Waals surface area contributed by atoms with Crippen LogP contribution >= 0.6 is 0 Å². The number of furan rings is 1. The first kappa shape index (κ1) is 11.3. The minimum atomic E-state index is -0.145. The second-order valence-electron chi connectivity index (χ2n) is 3.61. The molecule has 2 heterocycles. The Morgan fingerprint density at radius 2 is 2.47 bits per heavy atom. The molecule has 90 valence electrons. The first-order valence-corrected chi connectivity index (χ1v) is 5.33. The maximum absolute atomic E-state index is 12.1. The Morgan fingerprint density at radius 1 is 1.65 bits per heavy atom. The van der Waals surface area contributed by atoms with E-state index in [2.05, 4.69) is 10.2 Å². The van der Waals surface area contributed by atoms with Gasteiger partial charge in [0.2, 0.25) is 0 Å². The van der Waals surface area contributed by atoms with Gasteiger partial charge in [-0.3, -0.25) is 9.89 Å². The number of rotatable bonds is 4. The topological polar surface area (TPSA) is 88.2 Å². The molecule has 0 aliphatic heterocycles. The van der Waals surface area contributed by atoms with Crippen LogP contribution in [-0.4, -0.2) is 27.5 Å². The van der Waals surface area contributed by atoms with Crippen molar-refractivity contribution in [2.45, 2.75) is 13.5 Å². The molecule has 6 heteroatoms. The lowest BCUT2D eigenvalue weighted by Crippen LogP contribution is -2.30. The van der Waals surface area contributed by atoms with Crippen molar-refractivity contribution in [1.29, 1.82) is 0 Å². The lowest BCUT2D eigenvalue weighted by atomic mass is 10.3. The van der Waals surface area contributed by atoms with Crippen molar-refractivity contribution in [3.63, 3.8) is 0 Å². The Hall–Kier alpha value is -2.24. The van der Waals surface area contributed by atoms with Gasteiger partial charge in [-0.1, -0.05) is 0 Å². The van der Waals surface area contributed by atoms with Crippen LogP contribution in [0.15, 0.2) is 28.9 Å². The number of H-pyrrole nitrogens is 1. The van der Waals surface area contributed by atoms with Crippen molar-refractivity contribution in [2.75, 3.05) is 12.3 Å². The molecule has 0 saturated heterocycles. The molecule has 0 aliphatic carbocycles. The van der Waals surface area contributed by atoms with Crippen molar-refractivity contribution < 1.29 is 9.21 Å². The van der Waals surface area contributed by atoms with E-state index < -0.39 is 0 Å². The van der Waals surface area contributed by atoms with Gasteiger partial charge >= 0.3 is 0 Å². The van der Waals surface area contributed by atoms with Crippen LogP contribution in [0.5, 0.6) is 0 Å². The summed E-state index contributed by atoms with van der Waals surface area (Å²) in [6, 6.07) is 5.15. The van der Waals surface area contributed by atoms with E-state index in [1.165, 1.54) is 6.07 Å². The highest BCUT2D eigenvalue weighted by molar-refractivity contribution is 5.92. The van der Waals surface area contributed by atoms with E-state index in [-0.39, 0.29) is 5.91 Å². The number of aromatic amines is 1. The quantitative estimate of drug-likeness (QED) is 0.833. The molecule has 2 rings (SSSR count). The van der Waals surface area contributed by atoms with Gasteiger partial charge in [0.05, 0.1) is 12.8 Å². The van der Waals surface area contributed by atoms with Crippen molar-refractivity contribution in [3.8, 4) is 0 Å². The van der Waals surface area contributed by atoms with Crippen LogP contribution in [0.2, 0.25) is 0 Å². The number of aromatic nitrogens is 2. The van der Waals surface area contributed by atoms with Gasteiger partial charge in [-0.05, 0) is 19.1 Å². The van der Waals surface area contributed by atoms with Crippen LogP contribution in [0.25, 0.3) is 0 Å². The standard InChI is InChI=1S/C11H14N4O2/c1-2-15(7-8-4-3-5-17-8)11(16)9-6-10(12)14-13-9/h3-6H,2,7H2,1H3,(H3,12,13,14). The summed E-state index contributed by atoms with van der Waals surface area (Å²) in [7, 11) is 0. The fourth-order valence-electron chi connectivity index (χ4n) is 1.53. The highest BCUT2D eigenvalue weighted by Crippen LogP contribution is 2.10. The van der Waals surface area contributed by atoms with Crippen molar-refractivity contribution in [3.05, 3.63) is 35.9 Å². The molecule has 0 spiro atoms. The molecule has 3 N–H and O–H groups in total. The zero-order valence-electron chi connectivity index (χ0n) is 9.51. The first-order valence-electron chi connectivity index (χ1n) is 5.33. The van der Waals surface area contributed by atoms with E-state index in [0.29, 0.717) is 24.6 Å². The normalized spacial score (nSPS) is 10.4. The Morgan fingerprint density at radius 3 is 3.00 bits per heavy atom. The molecule has 2 aromatic heterocycles. The number of nitrogens with one attached hydrogen (secondary N) is 1. The molecule has 0 atom stereocenters. The summed E-state index contributed by atoms with van der Waals surface area (Å²) >= 11 is 0. The van der Waals surface area contributed by atoms with E-state index in [0.717, 1.165) is 5.76 Å². The molecule has 0 bridgehead atoms. The predicted molar refractivity (Wildman–Crippen MR) is 62.1 cm³/mol. The average molecular weight is 234 g/mol. The van der Waals surface area contributed by atoms with E-state index in [9.17, 15) is 4.79 Å². The van der Waals surface area contributed by atoms with Gasteiger partial charge in [0, 0.05) is 12.6 Å². The number of carbonyl (C=O) groups excluding carboxylic acids is 1. The highest BCUT2D eigenvalue weighted by atomic mass is 16.3. The summed E-state index contributed by atoms with van der Waals surface area (Å²) in [5.41, 5.74) is 5.85. The number of amides is 1. The highest BCUT2D eigenvalue weighted by Gasteiger charge is 2.17. The minimum absolute atomic E-state index is 0.145. The van der Waals surface area contributed by atoms with Crippen LogP contribution in [0.1, 0.15) is 23.2 Å². The summed E-state index contributed by atoms with van der Waals surface area (Å²) < 4.78 is 5.21. The molecule has 0 fully saturated rings. The summed E-state index contributed by atoms with van der Waals surface area (Å²) in [5.74, 6) is 0.906. The van der Waals surface area contributed by atoms with Crippen LogP contribution in [0.3, 0.4) is 0 Å². The summed E-state index contributed by atoms with van der Waals surface area (Å²) in [5, 5.41) is 6.34. The van der Waals surface area contributed by atoms with Crippen LogP contribution in [0.4, 0.5) is 5.82 Å². The zero-order valence-corrected chi connectivity index (χ0v) is 9.51. The third-order valence-electron chi connectivity index (χ3n) is 2.42. The molecule has 0 unspecified atom stereocenters. The van der Waals surface area contributed by atoms with Crippen LogP contribution in [-0.2, 0) is 6.54 Å². The number of nitrogens with two attached hydrogens (primary N) is 1. The number of carbonyl (C=O) groups is 1. The van der Waals surface area contributed by atoms with Gasteiger partial charge < -0.3 is 15.1 Å². The summed E-state index contributed by atoms with van der Waals surface area (Å²) in [6.07, 6.45) is 1.59. The molecule has 6 nitrogen and oxygen atoms in total. The molecule has 0 aliphatic rings. The van der Waals surface area contributed by atoms with Gasteiger partial charge in [0.15, 0.2) is 0 Å². The maximum atomic E-state index is 12.1. The smallest absolute Gasteiger partial charge is 0.272 e. The molecule has 17 heavy (non-hydrogen) atoms. The molecular weight excluding hydrogens is 220 g/mol. The number of hydrogen-bond acceptors (Lipinski definition) is 4. The van der Waals surface area contributed by atoms with Gasteiger partial charge in [-0.15, -0.1) is 0 Å². The number of nitrogens with zero attached hydrogens (tertiary/aromatic N) is 2. The molecule has 0 saturated carbocycles. The summed E-state index contributed by atoms with van der Waals surface area (Å²) in [4.78, 5) is 13.7. The summed E-state index contributed by atoms with van der Waals surface area (Å²) in [6.45, 7) is 2.92. The SMILES string of the molecule is CCN(Cc1ccco1)C(=O)c1cc(N)n[nH]1. The number of nitrogen functional groups attached to an aromatic ring is 1. The van der Waals surface area contributed by atoms with Crippen LogP contribution < -0.4 is 5.73 Å². The average Bonchev–Trinajstić information content (AvgIpc) is 2.96.